The lowest BCUT2D eigenvalue weighted by Gasteiger charge is -2.22. The van der Waals surface area contributed by atoms with Gasteiger partial charge in [0.25, 0.3) is 0 Å². The quantitative estimate of drug-likeness (QED) is 0.846. The van der Waals surface area contributed by atoms with E-state index in [1.165, 1.54) is 47.9 Å². The van der Waals surface area contributed by atoms with Gasteiger partial charge in [-0.3, -0.25) is 0 Å². The maximum absolute atomic E-state index is 3.82. The average Bonchev–Trinajstić information content (AvgIpc) is 2.85. The van der Waals surface area contributed by atoms with Crippen LogP contribution in [0.4, 0.5) is 0 Å². The monoisotopic (exact) mass is 259 g/mol. The zero-order valence-corrected chi connectivity index (χ0v) is 13.3. The van der Waals surface area contributed by atoms with Crippen molar-refractivity contribution in [2.24, 2.45) is 0 Å². The minimum atomic E-state index is 0.585. The molecule has 0 amide bonds. The predicted octanol–water partition coefficient (Wildman–Crippen LogP) is 4.38. The van der Waals surface area contributed by atoms with Crippen LogP contribution in [0, 0.1) is 27.7 Å². The molecule has 1 unspecified atom stereocenters. The molecule has 1 aromatic rings. The van der Waals surface area contributed by atoms with Crippen LogP contribution in [-0.4, -0.2) is 12.1 Å². The van der Waals surface area contributed by atoms with Crippen molar-refractivity contribution >= 4 is 0 Å². The molecule has 1 heteroatoms. The van der Waals surface area contributed by atoms with Gasteiger partial charge in [-0.1, -0.05) is 18.9 Å². The van der Waals surface area contributed by atoms with Gasteiger partial charge < -0.3 is 5.32 Å². The number of rotatable bonds is 4. The molecule has 106 valence electrons. The average molecular weight is 259 g/mol. The molecule has 1 N–H and O–H groups in total. The molecule has 0 heterocycles. The fraction of sp³-hybridized carbons (Fsp3) is 0.667. The molecule has 0 aromatic heterocycles. The van der Waals surface area contributed by atoms with Crippen LogP contribution >= 0.6 is 0 Å². The van der Waals surface area contributed by atoms with E-state index in [-0.39, 0.29) is 0 Å². The van der Waals surface area contributed by atoms with Crippen molar-refractivity contribution in [3.8, 4) is 0 Å². The summed E-state index contributed by atoms with van der Waals surface area (Å²) in [6.45, 7) is 11.4. The summed E-state index contributed by atoms with van der Waals surface area (Å²) in [7, 11) is 0. The van der Waals surface area contributed by atoms with E-state index in [2.05, 4.69) is 46.0 Å². The van der Waals surface area contributed by atoms with E-state index in [1.807, 2.05) is 0 Å². The fourth-order valence-corrected chi connectivity index (χ4v) is 3.46. The molecule has 1 atom stereocenters. The van der Waals surface area contributed by atoms with Gasteiger partial charge in [-0.2, -0.15) is 0 Å². The smallest absolute Gasteiger partial charge is 0.00819 e. The molecule has 0 bridgehead atoms. The van der Waals surface area contributed by atoms with Crippen LogP contribution in [0.15, 0.2) is 6.07 Å². The molecule has 1 saturated carbocycles. The van der Waals surface area contributed by atoms with Gasteiger partial charge in [0.05, 0.1) is 0 Å². The molecule has 1 fully saturated rings. The van der Waals surface area contributed by atoms with Crippen molar-refractivity contribution in [3.05, 3.63) is 33.9 Å². The molecule has 2 rings (SSSR count). The van der Waals surface area contributed by atoms with Gasteiger partial charge >= 0.3 is 0 Å². The third-order valence-electron chi connectivity index (χ3n) is 4.91. The Morgan fingerprint density at radius 1 is 1.05 bits per heavy atom. The Bertz CT molecular complexity index is 415. The summed E-state index contributed by atoms with van der Waals surface area (Å²) in [6.07, 6.45) is 6.72. The normalized spacial score (nSPS) is 17.9. The molecule has 19 heavy (non-hydrogen) atoms. The van der Waals surface area contributed by atoms with Gasteiger partial charge in [0.2, 0.25) is 0 Å². The van der Waals surface area contributed by atoms with E-state index >= 15 is 0 Å². The fourth-order valence-electron chi connectivity index (χ4n) is 3.46. The van der Waals surface area contributed by atoms with Crippen molar-refractivity contribution < 1.29 is 0 Å². The van der Waals surface area contributed by atoms with Gasteiger partial charge in [0.15, 0.2) is 0 Å². The Balaban J connectivity index is 2.09. The molecular weight excluding hydrogens is 230 g/mol. The van der Waals surface area contributed by atoms with E-state index in [0.717, 1.165) is 12.5 Å². The van der Waals surface area contributed by atoms with Gasteiger partial charge in [-0.25, -0.2) is 0 Å². The third-order valence-corrected chi connectivity index (χ3v) is 4.91. The summed E-state index contributed by atoms with van der Waals surface area (Å²) in [5.41, 5.74) is 7.42. The van der Waals surface area contributed by atoms with Crippen LogP contribution in [-0.2, 0) is 6.42 Å². The second kappa shape index (κ2) is 6.09. The zero-order chi connectivity index (χ0) is 14.0. The van der Waals surface area contributed by atoms with Gasteiger partial charge in [-0.05, 0) is 81.7 Å². The van der Waals surface area contributed by atoms with E-state index in [0.29, 0.717) is 6.04 Å². The maximum Gasteiger partial charge on any atom is 0.00819 e. The lowest BCUT2D eigenvalue weighted by atomic mass is 9.90. The topological polar surface area (TPSA) is 12.0 Å². The molecular formula is C18H29N. The number of aryl methyl sites for hydroxylation is 2. The highest BCUT2D eigenvalue weighted by molar-refractivity contribution is 5.44. The standard InChI is InChI=1S/C18H29N/c1-12-10-13(2)16(5)18(15(12)4)11-14(3)19-17-8-6-7-9-17/h10,14,17,19H,6-9,11H2,1-5H3. The Morgan fingerprint density at radius 2 is 1.58 bits per heavy atom. The molecule has 1 aliphatic rings. The van der Waals surface area contributed by atoms with Crippen LogP contribution in [0.1, 0.15) is 60.4 Å². The van der Waals surface area contributed by atoms with Crippen LogP contribution in [0.5, 0.6) is 0 Å². The lowest BCUT2D eigenvalue weighted by Crippen LogP contribution is -2.36. The molecule has 1 aromatic carbocycles. The first-order valence-electron chi connectivity index (χ1n) is 7.81. The van der Waals surface area contributed by atoms with Crippen LogP contribution < -0.4 is 5.32 Å². The van der Waals surface area contributed by atoms with Crippen LogP contribution in [0.3, 0.4) is 0 Å². The van der Waals surface area contributed by atoms with Gasteiger partial charge in [0.1, 0.15) is 0 Å². The van der Waals surface area contributed by atoms with Crippen molar-refractivity contribution in [3.63, 3.8) is 0 Å². The third kappa shape index (κ3) is 3.39. The van der Waals surface area contributed by atoms with Crippen LogP contribution in [0.2, 0.25) is 0 Å². The lowest BCUT2D eigenvalue weighted by molar-refractivity contribution is 0.447. The Labute approximate surface area is 118 Å². The summed E-state index contributed by atoms with van der Waals surface area (Å²) in [6, 6.07) is 3.67. The molecule has 0 spiro atoms. The highest BCUT2D eigenvalue weighted by atomic mass is 14.9. The summed E-state index contributed by atoms with van der Waals surface area (Å²) in [5, 5.41) is 3.82. The first-order valence-corrected chi connectivity index (χ1v) is 7.81. The molecule has 0 radical (unpaired) electrons. The van der Waals surface area contributed by atoms with E-state index < -0.39 is 0 Å². The zero-order valence-electron chi connectivity index (χ0n) is 13.3. The molecule has 0 aliphatic heterocycles. The largest absolute Gasteiger partial charge is 0.311 e. The van der Waals surface area contributed by atoms with E-state index in [1.54, 1.807) is 5.56 Å². The number of hydrogen-bond donors (Lipinski definition) is 1. The van der Waals surface area contributed by atoms with E-state index in [4.69, 9.17) is 0 Å². The minimum Gasteiger partial charge on any atom is -0.311 e. The first-order chi connectivity index (χ1) is 8.99. The minimum absolute atomic E-state index is 0.585. The summed E-state index contributed by atoms with van der Waals surface area (Å²) in [4.78, 5) is 0. The SMILES string of the molecule is Cc1cc(C)c(C)c(CC(C)NC2CCCC2)c1C. The number of nitrogens with one attached hydrogen (secondary N) is 1. The Kier molecular flexibility index (Phi) is 4.67. The van der Waals surface area contributed by atoms with Crippen LogP contribution in [0.25, 0.3) is 0 Å². The van der Waals surface area contributed by atoms with Gasteiger partial charge in [-0.15, -0.1) is 0 Å². The van der Waals surface area contributed by atoms with Crippen molar-refractivity contribution in [2.45, 2.75) is 78.8 Å². The van der Waals surface area contributed by atoms with Gasteiger partial charge in [0, 0.05) is 12.1 Å². The van der Waals surface area contributed by atoms with Crippen molar-refractivity contribution in [1.82, 2.24) is 5.32 Å². The molecule has 1 aliphatic carbocycles. The predicted molar refractivity (Wildman–Crippen MR) is 83.9 cm³/mol. The Hall–Kier alpha value is -0.820. The molecule has 1 nitrogen and oxygen atoms in total. The second-order valence-corrected chi connectivity index (χ2v) is 6.49. The molecule has 0 saturated heterocycles. The van der Waals surface area contributed by atoms with E-state index in [9.17, 15) is 0 Å². The second-order valence-electron chi connectivity index (χ2n) is 6.49. The summed E-state index contributed by atoms with van der Waals surface area (Å²) in [5.74, 6) is 0. The number of hydrogen-bond acceptors (Lipinski definition) is 1. The summed E-state index contributed by atoms with van der Waals surface area (Å²) >= 11 is 0. The van der Waals surface area contributed by atoms with Crippen molar-refractivity contribution in [1.29, 1.82) is 0 Å². The summed E-state index contributed by atoms with van der Waals surface area (Å²) < 4.78 is 0. The number of benzene rings is 1. The highest BCUT2D eigenvalue weighted by Crippen LogP contribution is 2.24. The maximum atomic E-state index is 3.82. The highest BCUT2D eigenvalue weighted by Gasteiger charge is 2.18. The van der Waals surface area contributed by atoms with Crippen molar-refractivity contribution in [2.75, 3.05) is 0 Å². The Morgan fingerprint density at radius 3 is 2.11 bits per heavy atom. The first kappa shape index (κ1) is 14.6.